The molecule has 0 saturated carbocycles. The molecular formula is C17H24N2O. The van der Waals surface area contributed by atoms with Crippen LogP contribution in [-0.4, -0.2) is 32.1 Å². The Balaban J connectivity index is 2.34. The van der Waals surface area contributed by atoms with E-state index in [1.165, 1.54) is 16.3 Å². The summed E-state index contributed by atoms with van der Waals surface area (Å²) in [6.45, 7) is 3.89. The molecule has 0 bridgehead atoms. The average molecular weight is 272 g/mol. The Labute approximate surface area is 121 Å². The molecule has 1 unspecified atom stereocenters. The van der Waals surface area contributed by atoms with Crippen LogP contribution < -0.4 is 10.5 Å². The van der Waals surface area contributed by atoms with E-state index < -0.39 is 0 Å². The summed E-state index contributed by atoms with van der Waals surface area (Å²) in [6, 6.07) is 13.0. The number of nitrogens with zero attached hydrogens (tertiary/aromatic N) is 1. The molecule has 0 amide bonds. The van der Waals surface area contributed by atoms with E-state index in [1.54, 1.807) is 7.11 Å². The number of benzene rings is 2. The van der Waals surface area contributed by atoms with Crippen LogP contribution in [0.1, 0.15) is 24.9 Å². The van der Waals surface area contributed by atoms with Crippen LogP contribution in [0.4, 0.5) is 0 Å². The van der Waals surface area contributed by atoms with Crippen molar-refractivity contribution in [3.8, 4) is 5.75 Å². The second-order valence-corrected chi connectivity index (χ2v) is 5.20. The Bertz CT molecular complexity index is 568. The molecule has 1 atom stereocenters. The maximum atomic E-state index is 5.96. The van der Waals surface area contributed by atoms with Gasteiger partial charge in [0.15, 0.2) is 0 Å². The summed E-state index contributed by atoms with van der Waals surface area (Å²) in [5.74, 6) is 0.892. The quantitative estimate of drug-likeness (QED) is 0.877. The number of nitrogens with two attached hydrogens (primary N) is 1. The third-order valence-electron chi connectivity index (χ3n) is 3.79. The lowest BCUT2D eigenvalue weighted by molar-refractivity contribution is 0.251. The molecule has 0 spiro atoms. The van der Waals surface area contributed by atoms with Crippen molar-refractivity contribution in [1.82, 2.24) is 4.90 Å². The van der Waals surface area contributed by atoms with Gasteiger partial charge in [-0.25, -0.2) is 0 Å². The van der Waals surface area contributed by atoms with E-state index in [-0.39, 0.29) is 6.04 Å². The molecule has 2 rings (SSSR count). The molecule has 2 aromatic carbocycles. The number of hydrogen-bond acceptors (Lipinski definition) is 3. The number of fused-ring (bicyclic) bond motifs is 1. The first-order valence-corrected chi connectivity index (χ1v) is 7.17. The van der Waals surface area contributed by atoms with Crippen LogP contribution in [0.15, 0.2) is 36.4 Å². The third-order valence-corrected chi connectivity index (χ3v) is 3.79. The minimum Gasteiger partial charge on any atom is -0.497 e. The van der Waals surface area contributed by atoms with Gasteiger partial charge in [-0.15, -0.1) is 0 Å². The standard InChI is InChI=1S/C17H24N2O/c1-4-9-19(2)17(12-18)15-6-5-14-11-16(20-3)8-7-13(14)10-15/h5-8,10-11,17H,4,9,12,18H2,1-3H3. The van der Waals surface area contributed by atoms with Crippen molar-refractivity contribution in [3.63, 3.8) is 0 Å². The minimum atomic E-state index is 0.279. The summed E-state index contributed by atoms with van der Waals surface area (Å²) in [7, 11) is 3.83. The van der Waals surface area contributed by atoms with E-state index in [9.17, 15) is 0 Å². The third kappa shape index (κ3) is 3.11. The van der Waals surface area contributed by atoms with E-state index in [2.05, 4.69) is 49.2 Å². The zero-order valence-electron chi connectivity index (χ0n) is 12.6. The Hall–Kier alpha value is -1.58. The summed E-state index contributed by atoms with van der Waals surface area (Å²) in [5.41, 5.74) is 7.24. The monoisotopic (exact) mass is 272 g/mol. The Morgan fingerprint density at radius 1 is 1.15 bits per heavy atom. The van der Waals surface area contributed by atoms with Gasteiger partial charge in [0.1, 0.15) is 5.75 Å². The highest BCUT2D eigenvalue weighted by Crippen LogP contribution is 2.26. The second kappa shape index (κ2) is 6.73. The van der Waals surface area contributed by atoms with Crippen molar-refractivity contribution >= 4 is 10.8 Å². The normalized spacial score (nSPS) is 12.8. The Morgan fingerprint density at radius 3 is 2.50 bits per heavy atom. The molecule has 2 aromatic rings. The van der Waals surface area contributed by atoms with Crippen LogP contribution in [0.25, 0.3) is 10.8 Å². The largest absolute Gasteiger partial charge is 0.497 e. The molecule has 0 aliphatic rings. The fraction of sp³-hybridized carbons (Fsp3) is 0.412. The highest BCUT2D eigenvalue weighted by Gasteiger charge is 2.14. The van der Waals surface area contributed by atoms with Crippen LogP contribution in [0.5, 0.6) is 5.75 Å². The van der Waals surface area contributed by atoms with E-state index in [0.717, 1.165) is 18.7 Å². The lowest BCUT2D eigenvalue weighted by atomic mass is 10.0. The summed E-state index contributed by atoms with van der Waals surface area (Å²) in [5, 5.41) is 2.42. The lowest BCUT2D eigenvalue weighted by Crippen LogP contribution is -2.31. The number of ether oxygens (including phenoxy) is 1. The van der Waals surface area contributed by atoms with Crippen LogP contribution in [0, 0.1) is 0 Å². The molecule has 20 heavy (non-hydrogen) atoms. The van der Waals surface area contributed by atoms with Gasteiger partial charge in [-0.2, -0.15) is 0 Å². The fourth-order valence-electron chi connectivity index (χ4n) is 2.66. The molecule has 0 aliphatic heterocycles. The van der Waals surface area contributed by atoms with E-state index >= 15 is 0 Å². The Kier molecular flexibility index (Phi) is 4.99. The van der Waals surface area contributed by atoms with Gasteiger partial charge in [-0.05, 0) is 54.5 Å². The van der Waals surface area contributed by atoms with E-state index in [0.29, 0.717) is 6.54 Å². The van der Waals surface area contributed by atoms with Gasteiger partial charge in [0, 0.05) is 12.6 Å². The van der Waals surface area contributed by atoms with Gasteiger partial charge in [0.25, 0.3) is 0 Å². The molecule has 108 valence electrons. The van der Waals surface area contributed by atoms with Crippen molar-refractivity contribution in [2.24, 2.45) is 5.73 Å². The fourth-order valence-corrected chi connectivity index (χ4v) is 2.66. The predicted molar refractivity (Wildman–Crippen MR) is 85.2 cm³/mol. The first kappa shape index (κ1) is 14.8. The maximum absolute atomic E-state index is 5.96. The minimum absolute atomic E-state index is 0.279. The number of hydrogen-bond donors (Lipinski definition) is 1. The first-order chi connectivity index (χ1) is 9.69. The molecule has 3 heteroatoms. The average Bonchev–Trinajstić information content (AvgIpc) is 2.47. The van der Waals surface area contributed by atoms with Crippen LogP contribution in [0.2, 0.25) is 0 Å². The second-order valence-electron chi connectivity index (χ2n) is 5.20. The van der Waals surface area contributed by atoms with Gasteiger partial charge < -0.3 is 10.5 Å². The predicted octanol–water partition coefficient (Wildman–Crippen LogP) is 3.19. The van der Waals surface area contributed by atoms with Crippen molar-refractivity contribution < 1.29 is 4.74 Å². The molecule has 0 heterocycles. The van der Waals surface area contributed by atoms with Crippen LogP contribution >= 0.6 is 0 Å². The number of rotatable bonds is 6. The van der Waals surface area contributed by atoms with E-state index in [1.807, 2.05) is 6.07 Å². The number of methoxy groups -OCH3 is 1. The molecule has 0 fully saturated rings. The van der Waals surface area contributed by atoms with Crippen molar-refractivity contribution in [2.75, 3.05) is 27.2 Å². The maximum Gasteiger partial charge on any atom is 0.119 e. The van der Waals surface area contributed by atoms with E-state index in [4.69, 9.17) is 10.5 Å². The van der Waals surface area contributed by atoms with Gasteiger partial charge in [0.2, 0.25) is 0 Å². The highest BCUT2D eigenvalue weighted by molar-refractivity contribution is 5.84. The molecular weight excluding hydrogens is 248 g/mol. The molecule has 3 nitrogen and oxygen atoms in total. The summed E-state index contributed by atoms with van der Waals surface area (Å²) < 4.78 is 5.26. The number of likely N-dealkylation sites (N-methyl/N-ethyl adjacent to an activating group) is 1. The SMILES string of the molecule is CCCN(C)C(CN)c1ccc2cc(OC)ccc2c1. The smallest absolute Gasteiger partial charge is 0.119 e. The zero-order valence-corrected chi connectivity index (χ0v) is 12.6. The topological polar surface area (TPSA) is 38.5 Å². The summed E-state index contributed by atoms with van der Waals surface area (Å²) in [4.78, 5) is 2.32. The lowest BCUT2D eigenvalue weighted by Gasteiger charge is -2.27. The van der Waals surface area contributed by atoms with Crippen LogP contribution in [-0.2, 0) is 0 Å². The molecule has 0 aromatic heterocycles. The van der Waals surface area contributed by atoms with Crippen molar-refractivity contribution in [3.05, 3.63) is 42.0 Å². The van der Waals surface area contributed by atoms with Gasteiger partial charge in [-0.1, -0.05) is 25.1 Å². The van der Waals surface area contributed by atoms with Gasteiger partial charge in [0.05, 0.1) is 7.11 Å². The summed E-state index contributed by atoms with van der Waals surface area (Å²) >= 11 is 0. The van der Waals surface area contributed by atoms with Crippen molar-refractivity contribution in [1.29, 1.82) is 0 Å². The van der Waals surface area contributed by atoms with Gasteiger partial charge in [-0.3, -0.25) is 4.90 Å². The molecule has 0 aliphatic carbocycles. The van der Waals surface area contributed by atoms with Gasteiger partial charge >= 0.3 is 0 Å². The summed E-state index contributed by atoms with van der Waals surface area (Å²) in [6.07, 6.45) is 1.14. The molecule has 2 N–H and O–H groups in total. The Morgan fingerprint density at radius 2 is 1.85 bits per heavy atom. The van der Waals surface area contributed by atoms with Crippen molar-refractivity contribution in [2.45, 2.75) is 19.4 Å². The zero-order chi connectivity index (χ0) is 14.5. The highest BCUT2D eigenvalue weighted by atomic mass is 16.5. The first-order valence-electron chi connectivity index (χ1n) is 7.17. The molecule has 0 radical (unpaired) electrons. The molecule has 0 saturated heterocycles. The van der Waals surface area contributed by atoms with Crippen LogP contribution in [0.3, 0.4) is 0 Å².